The summed E-state index contributed by atoms with van der Waals surface area (Å²) in [5.41, 5.74) is 0.860. The van der Waals surface area contributed by atoms with E-state index in [1.165, 1.54) is 11.8 Å². The molecular weight excluding hydrogens is 304 g/mol. The van der Waals surface area contributed by atoms with Gasteiger partial charge in [0.05, 0.1) is 20.3 Å². The quantitative estimate of drug-likeness (QED) is 0.867. The summed E-state index contributed by atoms with van der Waals surface area (Å²) >= 11 is 1.25. The Morgan fingerprint density at radius 2 is 2.18 bits per heavy atom. The fraction of sp³-hybridized carbons (Fsp3) is 0.467. The molecule has 1 saturated heterocycles. The number of hydrogen-bond acceptors (Lipinski definition) is 5. The molecule has 120 valence electrons. The summed E-state index contributed by atoms with van der Waals surface area (Å²) in [6, 6.07) is 5.23. The Kier molecular flexibility index (Phi) is 5.54. The van der Waals surface area contributed by atoms with Crippen LogP contribution in [0.2, 0.25) is 0 Å². The molecule has 7 heteroatoms. The van der Waals surface area contributed by atoms with Gasteiger partial charge in [0, 0.05) is 23.9 Å². The van der Waals surface area contributed by atoms with Crippen LogP contribution in [0.3, 0.4) is 0 Å². The van der Waals surface area contributed by atoms with E-state index >= 15 is 0 Å². The third kappa shape index (κ3) is 3.85. The minimum atomic E-state index is -0.223. The first-order valence-corrected chi connectivity index (χ1v) is 7.96. The van der Waals surface area contributed by atoms with Crippen molar-refractivity contribution < 1.29 is 19.1 Å². The van der Waals surface area contributed by atoms with Crippen LogP contribution in [0.25, 0.3) is 0 Å². The number of methoxy groups -OCH3 is 2. The highest BCUT2D eigenvalue weighted by Gasteiger charge is 2.24. The Labute approximate surface area is 134 Å². The number of carbonyl (C=O) groups is 2. The molecule has 0 saturated carbocycles. The molecule has 1 N–H and O–H groups in total. The van der Waals surface area contributed by atoms with E-state index in [-0.39, 0.29) is 23.7 Å². The van der Waals surface area contributed by atoms with Crippen molar-refractivity contribution in [2.45, 2.75) is 13.0 Å². The molecule has 1 aliphatic rings. The van der Waals surface area contributed by atoms with Crippen LogP contribution in [0.1, 0.15) is 18.5 Å². The number of amides is 2. The second kappa shape index (κ2) is 7.40. The third-order valence-corrected chi connectivity index (χ3v) is 4.36. The van der Waals surface area contributed by atoms with Gasteiger partial charge in [-0.3, -0.25) is 9.59 Å². The van der Waals surface area contributed by atoms with Crippen LogP contribution in [0.5, 0.6) is 11.5 Å². The van der Waals surface area contributed by atoms with E-state index in [2.05, 4.69) is 5.32 Å². The monoisotopic (exact) mass is 324 g/mol. The molecule has 0 spiro atoms. The first-order chi connectivity index (χ1) is 10.5. The number of ether oxygens (including phenoxy) is 2. The van der Waals surface area contributed by atoms with Gasteiger partial charge in [-0.2, -0.15) is 0 Å². The largest absolute Gasteiger partial charge is 0.497 e. The van der Waals surface area contributed by atoms with E-state index in [4.69, 9.17) is 9.47 Å². The van der Waals surface area contributed by atoms with Gasteiger partial charge in [-0.05, 0) is 19.1 Å². The molecule has 2 amide bonds. The van der Waals surface area contributed by atoms with Crippen molar-refractivity contribution >= 4 is 22.9 Å². The lowest BCUT2D eigenvalue weighted by Gasteiger charge is -2.20. The number of carbonyl (C=O) groups excluding carboxylic acids is 2. The molecular formula is C15H20N2O4S. The smallest absolute Gasteiger partial charge is 0.282 e. The lowest BCUT2D eigenvalue weighted by molar-refractivity contribution is -0.122. The van der Waals surface area contributed by atoms with Crippen molar-refractivity contribution in [3.63, 3.8) is 0 Å². The predicted molar refractivity (Wildman–Crippen MR) is 85.5 cm³/mol. The summed E-state index contributed by atoms with van der Waals surface area (Å²) in [7, 11) is 3.16. The predicted octanol–water partition coefficient (Wildman–Crippen LogP) is 2.05. The summed E-state index contributed by atoms with van der Waals surface area (Å²) in [4.78, 5) is 25.1. The van der Waals surface area contributed by atoms with Gasteiger partial charge in [0.25, 0.3) is 5.24 Å². The summed E-state index contributed by atoms with van der Waals surface area (Å²) in [5, 5.41) is 2.86. The lowest BCUT2D eigenvalue weighted by Crippen LogP contribution is -2.38. The van der Waals surface area contributed by atoms with Crippen molar-refractivity contribution in [3.05, 3.63) is 23.8 Å². The van der Waals surface area contributed by atoms with Crippen LogP contribution < -0.4 is 14.8 Å². The number of benzene rings is 1. The molecule has 1 aromatic rings. The Balaban J connectivity index is 2.00. The first kappa shape index (κ1) is 16.5. The van der Waals surface area contributed by atoms with Gasteiger partial charge in [0.1, 0.15) is 18.0 Å². The molecule has 2 rings (SSSR count). The summed E-state index contributed by atoms with van der Waals surface area (Å²) < 4.78 is 10.5. The molecule has 1 aromatic carbocycles. The maximum absolute atomic E-state index is 12.1. The molecule has 1 atom stereocenters. The summed E-state index contributed by atoms with van der Waals surface area (Å²) in [6.45, 7) is 2.59. The molecule has 0 radical (unpaired) electrons. The minimum Gasteiger partial charge on any atom is -0.497 e. The van der Waals surface area contributed by atoms with Gasteiger partial charge in [0.2, 0.25) is 5.91 Å². The number of rotatable bonds is 6. The van der Waals surface area contributed by atoms with Gasteiger partial charge in [-0.1, -0.05) is 11.8 Å². The van der Waals surface area contributed by atoms with Crippen LogP contribution in [0.4, 0.5) is 4.79 Å². The highest BCUT2D eigenvalue weighted by Crippen LogP contribution is 2.29. The molecule has 1 aliphatic heterocycles. The third-order valence-electron chi connectivity index (χ3n) is 3.46. The van der Waals surface area contributed by atoms with Crippen molar-refractivity contribution in [1.82, 2.24) is 10.2 Å². The molecule has 0 aromatic heterocycles. The van der Waals surface area contributed by atoms with Crippen molar-refractivity contribution in [3.8, 4) is 11.5 Å². The summed E-state index contributed by atoms with van der Waals surface area (Å²) in [6.07, 6.45) is 0. The average Bonchev–Trinajstić information content (AvgIpc) is 2.91. The van der Waals surface area contributed by atoms with Gasteiger partial charge in [-0.25, -0.2) is 0 Å². The Morgan fingerprint density at radius 3 is 2.77 bits per heavy atom. The van der Waals surface area contributed by atoms with E-state index in [0.717, 1.165) is 11.3 Å². The van der Waals surface area contributed by atoms with E-state index in [1.54, 1.807) is 25.2 Å². The second-order valence-electron chi connectivity index (χ2n) is 4.93. The van der Waals surface area contributed by atoms with Crippen LogP contribution in [0.15, 0.2) is 18.2 Å². The van der Waals surface area contributed by atoms with Gasteiger partial charge < -0.3 is 19.7 Å². The molecule has 22 heavy (non-hydrogen) atoms. The SMILES string of the molecule is COc1ccc([C@H](C)NC(=O)CN2CCSC2=O)c(OC)c1. The molecule has 1 fully saturated rings. The van der Waals surface area contributed by atoms with Gasteiger partial charge in [0.15, 0.2) is 0 Å². The average molecular weight is 324 g/mol. The fourth-order valence-corrected chi connectivity index (χ4v) is 3.11. The van der Waals surface area contributed by atoms with E-state index in [9.17, 15) is 9.59 Å². The molecule has 6 nitrogen and oxygen atoms in total. The first-order valence-electron chi connectivity index (χ1n) is 6.98. The van der Waals surface area contributed by atoms with Crippen LogP contribution in [0, 0.1) is 0 Å². The maximum atomic E-state index is 12.1. The Hall–Kier alpha value is -1.89. The van der Waals surface area contributed by atoms with E-state index in [1.807, 2.05) is 19.1 Å². The number of hydrogen-bond donors (Lipinski definition) is 1. The summed E-state index contributed by atoms with van der Waals surface area (Å²) in [5.74, 6) is 1.91. The molecule has 0 aliphatic carbocycles. The lowest BCUT2D eigenvalue weighted by atomic mass is 10.1. The second-order valence-corrected chi connectivity index (χ2v) is 5.98. The van der Waals surface area contributed by atoms with Crippen molar-refractivity contribution in [2.75, 3.05) is 33.1 Å². The normalized spacial score (nSPS) is 15.6. The Morgan fingerprint density at radius 1 is 1.41 bits per heavy atom. The minimum absolute atomic E-state index is 0.0372. The molecule has 0 bridgehead atoms. The van der Waals surface area contributed by atoms with Crippen LogP contribution in [-0.2, 0) is 4.79 Å². The highest BCUT2D eigenvalue weighted by atomic mass is 32.2. The maximum Gasteiger partial charge on any atom is 0.282 e. The number of nitrogens with zero attached hydrogens (tertiary/aromatic N) is 1. The zero-order valence-electron chi connectivity index (χ0n) is 12.9. The van der Waals surface area contributed by atoms with Crippen molar-refractivity contribution in [1.29, 1.82) is 0 Å². The fourth-order valence-electron chi connectivity index (χ4n) is 2.28. The Bertz CT molecular complexity index is 564. The topological polar surface area (TPSA) is 67.9 Å². The standard InChI is InChI=1S/C15H20N2O4S/c1-10(12-5-4-11(20-2)8-13(12)21-3)16-14(18)9-17-6-7-22-15(17)19/h4-5,8,10H,6-7,9H2,1-3H3,(H,16,18)/t10-/m0/s1. The van der Waals surface area contributed by atoms with E-state index < -0.39 is 0 Å². The van der Waals surface area contributed by atoms with Gasteiger partial charge >= 0.3 is 0 Å². The zero-order valence-corrected chi connectivity index (χ0v) is 13.7. The number of nitrogens with one attached hydrogen (secondary N) is 1. The van der Waals surface area contributed by atoms with E-state index in [0.29, 0.717) is 18.0 Å². The molecule has 1 heterocycles. The number of thioether (sulfide) groups is 1. The highest BCUT2D eigenvalue weighted by molar-refractivity contribution is 8.13. The van der Waals surface area contributed by atoms with Crippen molar-refractivity contribution in [2.24, 2.45) is 0 Å². The van der Waals surface area contributed by atoms with Crippen LogP contribution >= 0.6 is 11.8 Å². The van der Waals surface area contributed by atoms with Crippen LogP contribution in [-0.4, -0.2) is 49.1 Å². The zero-order chi connectivity index (χ0) is 16.1. The van der Waals surface area contributed by atoms with Gasteiger partial charge in [-0.15, -0.1) is 0 Å². The molecule has 0 unspecified atom stereocenters.